The van der Waals surface area contributed by atoms with Gasteiger partial charge >= 0.3 is 5.51 Å². The van der Waals surface area contributed by atoms with Gasteiger partial charge in [-0.2, -0.15) is 13.2 Å². The van der Waals surface area contributed by atoms with Crippen LogP contribution in [0.1, 0.15) is 5.82 Å². The average molecular weight is 325 g/mol. The van der Waals surface area contributed by atoms with Crippen LogP contribution >= 0.6 is 23.4 Å². The smallest absolute Gasteiger partial charge is 0.441 e. The summed E-state index contributed by atoms with van der Waals surface area (Å²) in [5.74, 6) is 1.24. The van der Waals surface area contributed by atoms with Gasteiger partial charge < -0.3 is 9.30 Å². The molecule has 0 atom stereocenters. The molecule has 0 radical (unpaired) electrons. The van der Waals surface area contributed by atoms with Crippen molar-refractivity contribution in [2.45, 2.75) is 17.9 Å². The number of halogens is 4. The highest BCUT2D eigenvalue weighted by molar-refractivity contribution is 8.00. The molecule has 110 valence electrons. The molecule has 0 aliphatic rings. The van der Waals surface area contributed by atoms with Crippen LogP contribution in [0.25, 0.3) is 11.0 Å². The van der Waals surface area contributed by atoms with Crippen LogP contribution in [-0.4, -0.2) is 27.9 Å². The molecule has 0 spiro atoms. The Morgan fingerprint density at radius 2 is 2.15 bits per heavy atom. The lowest BCUT2D eigenvalue weighted by Gasteiger charge is -2.09. The Kier molecular flexibility index (Phi) is 4.70. The molecule has 20 heavy (non-hydrogen) atoms. The summed E-state index contributed by atoms with van der Waals surface area (Å²) >= 11 is 5.75. The summed E-state index contributed by atoms with van der Waals surface area (Å²) in [4.78, 5) is 4.31. The molecule has 3 nitrogen and oxygen atoms in total. The van der Waals surface area contributed by atoms with Crippen LogP contribution in [0, 0.1) is 0 Å². The van der Waals surface area contributed by atoms with Crippen molar-refractivity contribution in [3.63, 3.8) is 0 Å². The Balaban J connectivity index is 2.29. The van der Waals surface area contributed by atoms with Gasteiger partial charge in [0.2, 0.25) is 0 Å². The van der Waals surface area contributed by atoms with E-state index >= 15 is 0 Å². The third-order valence-corrected chi connectivity index (χ3v) is 3.69. The van der Waals surface area contributed by atoms with E-state index in [0.717, 1.165) is 5.52 Å². The van der Waals surface area contributed by atoms with Crippen LogP contribution in [0.5, 0.6) is 5.75 Å². The number of fused-ring (bicyclic) bond motifs is 1. The summed E-state index contributed by atoms with van der Waals surface area (Å²) < 4.78 is 43.4. The van der Waals surface area contributed by atoms with Crippen LogP contribution in [-0.2, 0) is 12.4 Å². The number of benzene rings is 1. The van der Waals surface area contributed by atoms with Crippen molar-refractivity contribution in [2.75, 3.05) is 12.9 Å². The quantitative estimate of drug-likeness (QED) is 0.777. The standard InChI is InChI=1S/C12H12ClF3N2OS/c1-19-8-2-3-9-10(6-8)18(11(7-13)17-9)4-5-20-12(14,15)16/h2-3,6H,4-5,7H2,1H3. The van der Waals surface area contributed by atoms with E-state index < -0.39 is 5.51 Å². The molecule has 0 saturated carbocycles. The largest absolute Gasteiger partial charge is 0.497 e. The van der Waals surface area contributed by atoms with Gasteiger partial charge in [0.15, 0.2) is 0 Å². The summed E-state index contributed by atoms with van der Waals surface area (Å²) in [6.07, 6.45) is 0. The molecule has 2 rings (SSSR count). The topological polar surface area (TPSA) is 27.1 Å². The molecule has 0 saturated heterocycles. The second kappa shape index (κ2) is 6.13. The van der Waals surface area contributed by atoms with Crippen LogP contribution in [0.2, 0.25) is 0 Å². The second-order valence-corrected chi connectivity index (χ2v) is 5.39. The molecule has 1 aromatic carbocycles. The van der Waals surface area contributed by atoms with Gasteiger partial charge in [-0.3, -0.25) is 0 Å². The van der Waals surface area contributed by atoms with Gasteiger partial charge in [-0.25, -0.2) is 4.98 Å². The molecule has 1 heterocycles. The summed E-state index contributed by atoms with van der Waals surface area (Å²) in [6, 6.07) is 5.26. The Hall–Kier alpha value is -1.08. The highest BCUT2D eigenvalue weighted by Crippen LogP contribution is 2.31. The molecule has 0 N–H and O–H groups in total. The number of alkyl halides is 4. The summed E-state index contributed by atoms with van der Waals surface area (Å²) in [7, 11) is 1.53. The van der Waals surface area contributed by atoms with E-state index in [1.54, 1.807) is 22.8 Å². The van der Waals surface area contributed by atoms with Crippen molar-refractivity contribution >= 4 is 34.4 Å². The fourth-order valence-electron chi connectivity index (χ4n) is 1.88. The minimum absolute atomic E-state index is 0.0534. The van der Waals surface area contributed by atoms with Crippen LogP contribution in [0.4, 0.5) is 13.2 Å². The van der Waals surface area contributed by atoms with Crippen LogP contribution < -0.4 is 4.74 Å². The van der Waals surface area contributed by atoms with Gasteiger partial charge in [0.05, 0.1) is 24.0 Å². The van der Waals surface area contributed by atoms with Gasteiger partial charge in [-0.15, -0.1) is 11.6 Å². The lowest BCUT2D eigenvalue weighted by Crippen LogP contribution is -2.09. The molecule has 0 amide bonds. The van der Waals surface area contributed by atoms with Crippen molar-refractivity contribution in [2.24, 2.45) is 0 Å². The van der Waals surface area contributed by atoms with E-state index in [1.165, 1.54) is 7.11 Å². The van der Waals surface area contributed by atoms with Gasteiger partial charge in [0.25, 0.3) is 0 Å². The van der Waals surface area contributed by atoms with E-state index in [1.807, 2.05) is 0 Å². The molecule has 0 bridgehead atoms. The van der Waals surface area contributed by atoms with Crippen LogP contribution in [0.15, 0.2) is 18.2 Å². The molecule has 1 aromatic heterocycles. The third kappa shape index (κ3) is 3.52. The molecule has 0 aliphatic heterocycles. The first-order valence-corrected chi connectivity index (χ1v) is 7.26. The lowest BCUT2D eigenvalue weighted by atomic mass is 10.3. The zero-order valence-electron chi connectivity index (χ0n) is 10.6. The van der Waals surface area contributed by atoms with E-state index in [0.29, 0.717) is 17.1 Å². The first kappa shape index (κ1) is 15.3. The van der Waals surface area contributed by atoms with Crippen LogP contribution in [0.3, 0.4) is 0 Å². The number of rotatable bonds is 5. The maximum absolute atomic E-state index is 12.2. The first-order chi connectivity index (χ1) is 9.44. The predicted molar refractivity (Wildman–Crippen MR) is 74.4 cm³/mol. The summed E-state index contributed by atoms with van der Waals surface area (Å²) in [6.45, 7) is 0.190. The molecular weight excluding hydrogens is 313 g/mol. The average Bonchev–Trinajstić information content (AvgIpc) is 2.74. The van der Waals surface area contributed by atoms with Gasteiger partial charge in [-0.1, -0.05) is 0 Å². The highest BCUT2D eigenvalue weighted by atomic mass is 35.5. The second-order valence-electron chi connectivity index (χ2n) is 3.96. The third-order valence-electron chi connectivity index (χ3n) is 2.73. The number of aryl methyl sites for hydroxylation is 1. The molecule has 2 aromatic rings. The molecule has 0 unspecified atom stereocenters. The zero-order chi connectivity index (χ0) is 14.8. The van der Waals surface area contributed by atoms with Gasteiger partial charge in [-0.05, 0) is 23.9 Å². The minimum Gasteiger partial charge on any atom is -0.497 e. The first-order valence-electron chi connectivity index (χ1n) is 5.74. The van der Waals surface area contributed by atoms with Crippen molar-refractivity contribution < 1.29 is 17.9 Å². The molecular formula is C12H12ClF3N2OS. The number of hydrogen-bond acceptors (Lipinski definition) is 3. The Morgan fingerprint density at radius 1 is 1.40 bits per heavy atom. The summed E-state index contributed by atoms with van der Waals surface area (Å²) in [5.41, 5.74) is -2.81. The lowest BCUT2D eigenvalue weighted by molar-refractivity contribution is -0.0328. The van der Waals surface area contributed by atoms with Crippen molar-refractivity contribution in [1.82, 2.24) is 9.55 Å². The maximum Gasteiger partial charge on any atom is 0.441 e. The fraction of sp³-hybridized carbons (Fsp3) is 0.417. The number of aromatic nitrogens is 2. The van der Waals surface area contributed by atoms with E-state index in [-0.39, 0.29) is 29.9 Å². The fourth-order valence-corrected chi connectivity index (χ4v) is 2.59. The monoisotopic (exact) mass is 324 g/mol. The minimum atomic E-state index is -4.23. The van der Waals surface area contributed by atoms with Gasteiger partial charge in [0, 0.05) is 18.4 Å². The van der Waals surface area contributed by atoms with Crippen molar-refractivity contribution in [3.8, 4) is 5.75 Å². The Bertz CT molecular complexity index is 600. The number of ether oxygens (including phenoxy) is 1. The number of methoxy groups -OCH3 is 1. The van der Waals surface area contributed by atoms with E-state index in [2.05, 4.69) is 4.98 Å². The van der Waals surface area contributed by atoms with Gasteiger partial charge in [0.1, 0.15) is 11.6 Å². The zero-order valence-corrected chi connectivity index (χ0v) is 12.1. The van der Waals surface area contributed by atoms with Crippen molar-refractivity contribution in [1.29, 1.82) is 0 Å². The maximum atomic E-state index is 12.2. The summed E-state index contributed by atoms with van der Waals surface area (Å²) in [5, 5.41) is 0. The molecule has 0 fully saturated rings. The normalized spacial score (nSPS) is 12.1. The molecule has 0 aliphatic carbocycles. The molecule has 8 heteroatoms. The van der Waals surface area contributed by atoms with Crippen molar-refractivity contribution in [3.05, 3.63) is 24.0 Å². The number of hydrogen-bond donors (Lipinski definition) is 0. The number of nitrogens with zero attached hydrogens (tertiary/aromatic N) is 2. The SMILES string of the molecule is COc1ccc2nc(CCl)n(CCSC(F)(F)F)c2c1. The Morgan fingerprint density at radius 3 is 2.75 bits per heavy atom. The number of imidazole rings is 1. The Labute approximate surface area is 123 Å². The van der Waals surface area contributed by atoms with E-state index in [4.69, 9.17) is 16.3 Å². The highest BCUT2D eigenvalue weighted by Gasteiger charge is 2.27. The number of thioether (sulfide) groups is 1. The predicted octanol–water partition coefficient (Wildman–Crippen LogP) is 4.04. The van der Waals surface area contributed by atoms with E-state index in [9.17, 15) is 13.2 Å².